The monoisotopic (exact) mass is 481 g/mol. The molecule has 0 saturated carbocycles. The molecule has 176 valence electrons. The van der Waals surface area contributed by atoms with Gasteiger partial charge in [-0.2, -0.15) is 0 Å². The molecule has 2 aromatic carbocycles. The Labute approximate surface area is 202 Å². The van der Waals surface area contributed by atoms with Crippen molar-refractivity contribution in [2.45, 2.75) is 6.04 Å². The van der Waals surface area contributed by atoms with E-state index in [0.29, 0.717) is 10.7 Å². The minimum atomic E-state index is -0.779. The van der Waals surface area contributed by atoms with E-state index in [4.69, 9.17) is 11.6 Å². The fourth-order valence-corrected chi connectivity index (χ4v) is 4.17. The Morgan fingerprint density at radius 1 is 0.971 bits per heavy atom. The van der Waals surface area contributed by atoms with Gasteiger partial charge in [-0.3, -0.25) is 19.5 Å². The number of pyridine rings is 1. The average Bonchev–Trinajstić information content (AvgIpc) is 2.87. The second kappa shape index (κ2) is 11.1. The number of hydrogen-bond acceptors (Lipinski definition) is 5. The predicted molar refractivity (Wildman–Crippen MR) is 130 cm³/mol. The van der Waals surface area contributed by atoms with Gasteiger partial charge in [-0.25, -0.2) is 4.39 Å². The van der Waals surface area contributed by atoms with Gasteiger partial charge in [0, 0.05) is 50.8 Å². The highest BCUT2D eigenvalue weighted by atomic mass is 35.5. The lowest BCUT2D eigenvalue weighted by molar-refractivity contribution is -0.136. The molecule has 0 spiro atoms. The normalized spacial score (nSPS) is 14.9. The van der Waals surface area contributed by atoms with E-state index in [9.17, 15) is 14.0 Å². The number of aromatic nitrogens is 1. The van der Waals surface area contributed by atoms with E-state index in [-0.39, 0.29) is 18.4 Å². The first-order valence-electron chi connectivity index (χ1n) is 11.0. The molecule has 1 aromatic heterocycles. The number of anilines is 2. The summed E-state index contributed by atoms with van der Waals surface area (Å²) in [5.41, 5.74) is 2.30. The van der Waals surface area contributed by atoms with Gasteiger partial charge in [-0.15, -0.1) is 0 Å². The largest absolute Gasteiger partial charge is 0.369 e. The van der Waals surface area contributed by atoms with Crippen molar-refractivity contribution in [3.63, 3.8) is 0 Å². The SMILES string of the molecule is O=C(NCC(c1cccnc1)N1CCN(c2ccc(F)cc2)CC1)C(=O)Nc1ccccc1Cl. The summed E-state index contributed by atoms with van der Waals surface area (Å²) in [7, 11) is 0. The lowest BCUT2D eigenvalue weighted by Gasteiger charge is -2.40. The summed E-state index contributed by atoms with van der Waals surface area (Å²) < 4.78 is 13.3. The van der Waals surface area contributed by atoms with Crippen LogP contribution in [0.3, 0.4) is 0 Å². The standard InChI is InChI=1S/C25H25ClFN5O2/c26-21-5-1-2-6-22(21)30-25(34)24(33)29-17-23(18-4-3-11-28-16-18)32-14-12-31(13-15-32)20-9-7-19(27)8-10-20/h1-11,16,23H,12-15,17H2,(H,29,33)(H,30,34). The molecule has 4 rings (SSSR count). The number of benzene rings is 2. The van der Waals surface area contributed by atoms with Crippen molar-refractivity contribution in [1.82, 2.24) is 15.2 Å². The summed E-state index contributed by atoms with van der Waals surface area (Å²) in [5.74, 6) is -1.77. The zero-order chi connectivity index (χ0) is 23.9. The van der Waals surface area contributed by atoms with Gasteiger partial charge >= 0.3 is 11.8 Å². The maximum atomic E-state index is 13.3. The van der Waals surface area contributed by atoms with Gasteiger partial charge < -0.3 is 15.5 Å². The van der Waals surface area contributed by atoms with Crippen LogP contribution in [0, 0.1) is 5.82 Å². The van der Waals surface area contributed by atoms with Crippen molar-refractivity contribution in [2.75, 3.05) is 42.9 Å². The van der Waals surface area contributed by atoms with Crippen molar-refractivity contribution in [3.05, 3.63) is 89.5 Å². The first kappa shape index (κ1) is 23.7. The third-order valence-electron chi connectivity index (χ3n) is 5.80. The number of carbonyl (C=O) groups excluding carboxylic acids is 2. The van der Waals surface area contributed by atoms with Gasteiger partial charge in [-0.1, -0.05) is 29.8 Å². The Kier molecular flexibility index (Phi) is 7.72. The number of para-hydroxylation sites is 1. The molecule has 1 fully saturated rings. The van der Waals surface area contributed by atoms with E-state index in [1.165, 1.54) is 12.1 Å². The Hall–Kier alpha value is -3.49. The number of hydrogen-bond donors (Lipinski definition) is 2. The second-order valence-electron chi connectivity index (χ2n) is 7.95. The molecule has 9 heteroatoms. The van der Waals surface area contributed by atoms with E-state index in [1.54, 1.807) is 48.8 Å². The van der Waals surface area contributed by atoms with Crippen LogP contribution in [-0.2, 0) is 9.59 Å². The summed E-state index contributed by atoms with van der Waals surface area (Å²) in [4.78, 5) is 33.5. The molecule has 34 heavy (non-hydrogen) atoms. The van der Waals surface area contributed by atoms with E-state index in [0.717, 1.165) is 37.4 Å². The van der Waals surface area contributed by atoms with Crippen LogP contribution in [-0.4, -0.2) is 54.4 Å². The summed E-state index contributed by atoms with van der Waals surface area (Å²) in [6.45, 7) is 3.22. The minimum Gasteiger partial charge on any atom is -0.369 e. The van der Waals surface area contributed by atoms with E-state index in [2.05, 4.69) is 25.4 Å². The van der Waals surface area contributed by atoms with Crippen LogP contribution < -0.4 is 15.5 Å². The van der Waals surface area contributed by atoms with E-state index in [1.807, 2.05) is 12.1 Å². The topological polar surface area (TPSA) is 77.6 Å². The van der Waals surface area contributed by atoms with Crippen LogP contribution in [0.2, 0.25) is 5.02 Å². The first-order chi connectivity index (χ1) is 16.5. The second-order valence-corrected chi connectivity index (χ2v) is 8.35. The molecule has 7 nitrogen and oxygen atoms in total. The number of nitrogens with one attached hydrogen (secondary N) is 2. The molecule has 1 aliphatic rings. The number of rotatable bonds is 6. The Morgan fingerprint density at radius 3 is 2.38 bits per heavy atom. The Bertz CT molecular complexity index is 1120. The molecule has 1 aliphatic heterocycles. The molecule has 3 aromatic rings. The van der Waals surface area contributed by atoms with E-state index < -0.39 is 11.8 Å². The third-order valence-corrected chi connectivity index (χ3v) is 6.13. The van der Waals surface area contributed by atoms with Gasteiger partial charge in [0.15, 0.2) is 0 Å². The number of piperazine rings is 1. The Balaban J connectivity index is 1.39. The molecular formula is C25H25ClFN5O2. The van der Waals surface area contributed by atoms with Crippen LogP contribution in [0.5, 0.6) is 0 Å². The fourth-order valence-electron chi connectivity index (χ4n) is 3.99. The predicted octanol–water partition coefficient (Wildman–Crippen LogP) is 3.49. The summed E-state index contributed by atoms with van der Waals surface area (Å²) in [5, 5.41) is 5.64. The maximum absolute atomic E-state index is 13.3. The maximum Gasteiger partial charge on any atom is 0.313 e. The molecule has 2 N–H and O–H groups in total. The third kappa shape index (κ3) is 5.89. The van der Waals surface area contributed by atoms with Crippen molar-refractivity contribution < 1.29 is 14.0 Å². The number of halogens is 2. The quantitative estimate of drug-likeness (QED) is 0.527. The number of carbonyl (C=O) groups is 2. The molecule has 0 aliphatic carbocycles. The number of amides is 2. The zero-order valence-electron chi connectivity index (χ0n) is 18.5. The van der Waals surface area contributed by atoms with Crippen LogP contribution >= 0.6 is 11.6 Å². The fraction of sp³-hybridized carbons (Fsp3) is 0.240. The van der Waals surface area contributed by atoms with Crippen LogP contribution in [0.25, 0.3) is 0 Å². The van der Waals surface area contributed by atoms with E-state index >= 15 is 0 Å². The Morgan fingerprint density at radius 2 is 1.71 bits per heavy atom. The molecule has 1 saturated heterocycles. The highest BCUT2D eigenvalue weighted by molar-refractivity contribution is 6.41. The molecule has 1 unspecified atom stereocenters. The zero-order valence-corrected chi connectivity index (χ0v) is 19.2. The minimum absolute atomic E-state index is 0.152. The van der Waals surface area contributed by atoms with Crippen molar-refractivity contribution >= 4 is 34.8 Å². The highest BCUT2D eigenvalue weighted by Crippen LogP contribution is 2.24. The van der Waals surface area contributed by atoms with Gasteiger partial charge in [0.1, 0.15) is 5.82 Å². The summed E-state index contributed by atoms with van der Waals surface area (Å²) >= 11 is 6.06. The van der Waals surface area contributed by atoms with Crippen LogP contribution in [0.1, 0.15) is 11.6 Å². The van der Waals surface area contributed by atoms with Crippen molar-refractivity contribution in [1.29, 1.82) is 0 Å². The van der Waals surface area contributed by atoms with Crippen LogP contribution in [0.15, 0.2) is 73.1 Å². The van der Waals surface area contributed by atoms with Crippen molar-refractivity contribution in [3.8, 4) is 0 Å². The summed E-state index contributed by atoms with van der Waals surface area (Å²) in [6.07, 6.45) is 3.47. The van der Waals surface area contributed by atoms with Gasteiger partial charge in [0.05, 0.1) is 16.8 Å². The van der Waals surface area contributed by atoms with Crippen molar-refractivity contribution in [2.24, 2.45) is 0 Å². The average molecular weight is 482 g/mol. The first-order valence-corrected chi connectivity index (χ1v) is 11.4. The summed E-state index contributed by atoms with van der Waals surface area (Å²) in [6, 6.07) is 16.9. The lowest BCUT2D eigenvalue weighted by Crippen LogP contribution is -2.50. The van der Waals surface area contributed by atoms with Gasteiger partial charge in [-0.05, 0) is 48.0 Å². The molecule has 2 amide bonds. The van der Waals surface area contributed by atoms with Crippen LogP contribution in [0.4, 0.5) is 15.8 Å². The molecule has 1 atom stereocenters. The smallest absolute Gasteiger partial charge is 0.313 e. The van der Waals surface area contributed by atoms with Gasteiger partial charge in [0.2, 0.25) is 0 Å². The lowest BCUT2D eigenvalue weighted by atomic mass is 10.1. The number of nitrogens with zero attached hydrogens (tertiary/aromatic N) is 3. The molecule has 0 radical (unpaired) electrons. The molecule has 2 heterocycles. The van der Waals surface area contributed by atoms with Gasteiger partial charge in [0.25, 0.3) is 0 Å². The molecular weight excluding hydrogens is 457 g/mol. The highest BCUT2D eigenvalue weighted by Gasteiger charge is 2.27. The molecule has 0 bridgehead atoms.